The number of nitrogens with zero attached hydrogens (tertiary/aromatic N) is 3. The summed E-state index contributed by atoms with van der Waals surface area (Å²) in [6.45, 7) is 3.97. The Bertz CT molecular complexity index is 473. The fourth-order valence-electron chi connectivity index (χ4n) is 1.18. The Morgan fingerprint density at radius 2 is 2.39 bits per heavy atom. The predicted molar refractivity (Wildman–Crippen MR) is 67.7 cm³/mol. The fourth-order valence-corrected chi connectivity index (χ4v) is 2.03. The predicted octanol–water partition coefficient (Wildman–Crippen LogP) is 1.36. The van der Waals surface area contributed by atoms with Gasteiger partial charge in [0.05, 0.1) is 12.8 Å². The van der Waals surface area contributed by atoms with Crippen LogP contribution in [0.1, 0.15) is 25.8 Å². The zero-order valence-corrected chi connectivity index (χ0v) is 11.0. The van der Waals surface area contributed by atoms with Crippen molar-refractivity contribution in [3.05, 3.63) is 11.8 Å². The van der Waals surface area contributed by atoms with Gasteiger partial charge < -0.3 is 10.5 Å². The zero-order chi connectivity index (χ0) is 13.5. The maximum absolute atomic E-state index is 11.6. The van der Waals surface area contributed by atoms with Gasteiger partial charge in [-0.1, -0.05) is 18.7 Å². The lowest BCUT2D eigenvalue weighted by atomic mass is 10.3. The first-order chi connectivity index (χ1) is 8.62. The van der Waals surface area contributed by atoms with Crippen LogP contribution in [0.2, 0.25) is 0 Å². The van der Waals surface area contributed by atoms with Gasteiger partial charge in [-0.3, -0.25) is 4.79 Å². The Hall–Kier alpha value is -1.81. The fraction of sp³-hybridized carbons (Fsp3) is 0.455. The number of nitrogens with two attached hydrogens (primary N) is 1. The van der Waals surface area contributed by atoms with Crippen molar-refractivity contribution in [3.8, 4) is 6.07 Å². The van der Waals surface area contributed by atoms with E-state index in [0.29, 0.717) is 18.2 Å². The van der Waals surface area contributed by atoms with Gasteiger partial charge in [0.15, 0.2) is 5.16 Å². The second kappa shape index (κ2) is 6.81. The Morgan fingerprint density at radius 1 is 1.67 bits per heavy atom. The molecule has 0 aliphatic heterocycles. The molecule has 0 aliphatic carbocycles. The third kappa shape index (κ3) is 3.60. The number of hydrogen-bond acceptors (Lipinski definition) is 7. The summed E-state index contributed by atoms with van der Waals surface area (Å²) in [6.07, 6.45) is 1.95. The van der Waals surface area contributed by atoms with Crippen LogP contribution >= 0.6 is 11.8 Å². The van der Waals surface area contributed by atoms with Crippen LogP contribution in [0, 0.1) is 11.3 Å². The number of carbonyl (C=O) groups is 1. The summed E-state index contributed by atoms with van der Waals surface area (Å²) >= 11 is 1.18. The smallest absolute Gasteiger partial charge is 0.319 e. The summed E-state index contributed by atoms with van der Waals surface area (Å²) in [5.41, 5.74) is 5.81. The van der Waals surface area contributed by atoms with Crippen LogP contribution in [0.5, 0.6) is 0 Å². The molecule has 0 fully saturated rings. The Kier molecular flexibility index (Phi) is 5.39. The number of ether oxygens (including phenoxy) is 1. The van der Waals surface area contributed by atoms with Gasteiger partial charge >= 0.3 is 5.97 Å². The van der Waals surface area contributed by atoms with E-state index in [-0.39, 0.29) is 22.6 Å². The van der Waals surface area contributed by atoms with Crippen LogP contribution in [0.4, 0.5) is 5.82 Å². The first-order valence-corrected chi connectivity index (χ1v) is 6.36. The highest BCUT2D eigenvalue weighted by Crippen LogP contribution is 2.24. The van der Waals surface area contributed by atoms with Gasteiger partial charge in [-0.05, 0) is 13.3 Å². The molecule has 0 bridgehead atoms. The SMILES string of the molecule is CCOC(=O)[C@H](CC)Sc1ncc(C#N)c(N)n1. The molecule has 1 heterocycles. The van der Waals surface area contributed by atoms with Gasteiger partial charge in [-0.25, -0.2) is 9.97 Å². The minimum absolute atomic E-state index is 0.119. The van der Waals surface area contributed by atoms with E-state index >= 15 is 0 Å². The molecule has 6 nitrogen and oxygen atoms in total. The minimum Gasteiger partial charge on any atom is -0.465 e. The maximum Gasteiger partial charge on any atom is 0.319 e. The van der Waals surface area contributed by atoms with E-state index in [9.17, 15) is 4.79 Å². The van der Waals surface area contributed by atoms with Gasteiger partial charge in [0, 0.05) is 0 Å². The summed E-state index contributed by atoms with van der Waals surface area (Å²) in [7, 11) is 0. The number of carbonyl (C=O) groups excluding carboxylic acids is 1. The van der Waals surface area contributed by atoms with Gasteiger partial charge in [-0.2, -0.15) is 5.26 Å². The molecule has 0 saturated carbocycles. The quantitative estimate of drug-likeness (QED) is 0.487. The van der Waals surface area contributed by atoms with E-state index in [1.807, 2.05) is 13.0 Å². The molecule has 0 radical (unpaired) electrons. The van der Waals surface area contributed by atoms with Crippen molar-refractivity contribution in [3.63, 3.8) is 0 Å². The summed E-state index contributed by atoms with van der Waals surface area (Å²) in [5, 5.41) is 8.71. The average molecular weight is 266 g/mol. The summed E-state index contributed by atoms with van der Waals surface area (Å²) in [6, 6.07) is 1.88. The molecule has 0 saturated heterocycles. The molecule has 0 aliphatic rings. The lowest BCUT2D eigenvalue weighted by molar-refractivity contribution is -0.142. The number of esters is 1. The molecule has 7 heteroatoms. The second-order valence-corrected chi connectivity index (χ2v) is 4.50. The highest BCUT2D eigenvalue weighted by molar-refractivity contribution is 8.00. The molecule has 1 aromatic heterocycles. The molecule has 0 aromatic carbocycles. The Morgan fingerprint density at radius 3 is 2.89 bits per heavy atom. The summed E-state index contributed by atoms with van der Waals surface area (Å²) < 4.78 is 4.94. The van der Waals surface area contributed by atoms with Crippen LogP contribution in [-0.2, 0) is 9.53 Å². The summed E-state index contributed by atoms with van der Waals surface area (Å²) in [5.74, 6) is -0.176. The Labute approximate surface area is 110 Å². The van der Waals surface area contributed by atoms with Crippen molar-refractivity contribution in [2.45, 2.75) is 30.7 Å². The lowest BCUT2D eigenvalue weighted by Crippen LogP contribution is -2.19. The van der Waals surface area contributed by atoms with E-state index in [0.717, 1.165) is 0 Å². The number of thioether (sulfide) groups is 1. The van der Waals surface area contributed by atoms with E-state index in [2.05, 4.69) is 9.97 Å². The molecule has 1 rings (SSSR count). The number of nitrogen functional groups attached to an aromatic ring is 1. The monoisotopic (exact) mass is 266 g/mol. The first kappa shape index (κ1) is 14.3. The van der Waals surface area contributed by atoms with Crippen molar-refractivity contribution in [2.24, 2.45) is 0 Å². The van der Waals surface area contributed by atoms with Crippen molar-refractivity contribution in [2.75, 3.05) is 12.3 Å². The van der Waals surface area contributed by atoms with Crippen LogP contribution in [0.15, 0.2) is 11.4 Å². The normalized spacial score (nSPS) is 11.6. The Balaban J connectivity index is 2.80. The van der Waals surface area contributed by atoms with Crippen LogP contribution in [0.3, 0.4) is 0 Å². The van der Waals surface area contributed by atoms with Gasteiger partial charge in [0.2, 0.25) is 0 Å². The molecule has 2 N–H and O–H groups in total. The molecule has 1 aromatic rings. The van der Waals surface area contributed by atoms with Crippen LogP contribution in [-0.4, -0.2) is 27.8 Å². The summed E-state index contributed by atoms with van der Waals surface area (Å²) in [4.78, 5) is 19.6. The largest absolute Gasteiger partial charge is 0.465 e. The third-order valence-corrected chi connectivity index (χ3v) is 3.30. The second-order valence-electron chi connectivity index (χ2n) is 3.33. The lowest BCUT2D eigenvalue weighted by Gasteiger charge is -2.11. The molecule has 0 spiro atoms. The van der Waals surface area contributed by atoms with Crippen LogP contribution in [0.25, 0.3) is 0 Å². The van der Waals surface area contributed by atoms with E-state index in [1.165, 1.54) is 18.0 Å². The zero-order valence-electron chi connectivity index (χ0n) is 10.2. The van der Waals surface area contributed by atoms with Gasteiger partial charge in [0.1, 0.15) is 22.7 Å². The molecule has 1 atom stereocenters. The number of anilines is 1. The highest BCUT2D eigenvalue weighted by atomic mass is 32.2. The number of hydrogen-bond donors (Lipinski definition) is 1. The molecule has 96 valence electrons. The highest BCUT2D eigenvalue weighted by Gasteiger charge is 2.20. The third-order valence-electron chi connectivity index (χ3n) is 2.08. The van der Waals surface area contributed by atoms with Gasteiger partial charge in [0.25, 0.3) is 0 Å². The van der Waals surface area contributed by atoms with Crippen molar-refractivity contribution in [1.29, 1.82) is 5.26 Å². The molecular weight excluding hydrogens is 252 g/mol. The van der Waals surface area contributed by atoms with E-state index in [1.54, 1.807) is 6.92 Å². The van der Waals surface area contributed by atoms with Gasteiger partial charge in [-0.15, -0.1) is 0 Å². The van der Waals surface area contributed by atoms with Crippen molar-refractivity contribution >= 4 is 23.5 Å². The van der Waals surface area contributed by atoms with E-state index in [4.69, 9.17) is 15.7 Å². The molecule has 0 amide bonds. The minimum atomic E-state index is -0.364. The average Bonchev–Trinajstić information content (AvgIpc) is 2.36. The number of aromatic nitrogens is 2. The molecular formula is C11H14N4O2S. The van der Waals surface area contributed by atoms with Crippen molar-refractivity contribution < 1.29 is 9.53 Å². The topological polar surface area (TPSA) is 102 Å². The first-order valence-electron chi connectivity index (χ1n) is 5.48. The number of rotatable bonds is 5. The van der Waals surface area contributed by atoms with Crippen molar-refractivity contribution in [1.82, 2.24) is 9.97 Å². The molecule has 0 unspecified atom stereocenters. The standard InChI is InChI=1S/C11H14N4O2S/c1-3-8(10(16)17-4-2)18-11-14-6-7(5-12)9(13)15-11/h6,8H,3-4H2,1-2H3,(H2,13,14,15)/t8-/m0/s1. The molecule has 18 heavy (non-hydrogen) atoms. The van der Waals surface area contributed by atoms with Crippen LogP contribution < -0.4 is 5.73 Å². The van der Waals surface area contributed by atoms with E-state index < -0.39 is 0 Å². The maximum atomic E-state index is 11.6. The number of nitriles is 1.